The van der Waals surface area contributed by atoms with Crippen molar-refractivity contribution in [3.05, 3.63) is 29.3 Å². The number of hydrogen-bond acceptors (Lipinski definition) is 4. The summed E-state index contributed by atoms with van der Waals surface area (Å²) in [6.45, 7) is 3.11. The van der Waals surface area contributed by atoms with Crippen molar-refractivity contribution in [2.75, 3.05) is 6.61 Å². The van der Waals surface area contributed by atoms with Crippen molar-refractivity contribution in [3.63, 3.8) is 0 Å². The second-order valence-electron chi connectivity index (χ2n) is 4.35. The summed E-state index contributed by atoms with van der Waals surface area (Å²) in [7, 11) is -3.91. The van der Waals surface area contributed by atoms with Crippen molar-refractivity contribution in [1.29, 1.82) is 0 Å². The molecule has 0 aromatic heterocycles. The molecule has 19 heavy (non-hydrogen) atoms. The van der Waals surface area contributed by atoms with Crippen molar-refractivity contribution in [2.24, 2.45) is 0 Å². The van der Waals surface area contributed by atoms with Crippen LogP contribution in [0.2, 0.25) is 0 Å². The van der Waals surface area contributed by atoms with Crippen molar-refractivity contribution in [2.45, 2.75) is 31.2 Å². The van der Waals surface area contributed by atoms with E-state index >= 15 is 0 Å². The Morgan fingerprint density at radius 2 is 1.79 bits per heavy atom. The maximum absolute atomic E-state index is 12.1. The molecule has 0 saturated carbocycles. The first-order valence-corrected chi connectivity index (χ1v) is 7.19. The Morgan fingerprint density at radius 3 is 2.21 bits per heavy atom. The Labute approximate surface area is 112 Å². The van der Waals surface area contributed by atoms with Crippen LogP contribution in [0.3, 0.4) is 0 Å². The zero-order valence-corrected chi connectivity index (χ0v) is 11.6. The average molecular weight is 287 g/mol. The number of aryl methyl sites for hydroxylation is 2. The number of rotatable bonds is 6. The van der Waals surface area contributed by atoms with Gasteiger partial charge in [0, 0.05) is 6.61 Å². The molecule has 1 rings (SSSR count). The van der Waals surface area contributed by atoms with Gasteiger partial charge in [0.15, 0.2) is 0 Å². The van der Waals surface area contributed by atoms with E-state index in [1.807, 2.05) is 6.07 Å². The predicted octanol–water partition coefficient (Wildman–Crippen LogP) is 0.417. The number of sulfonamides is 1. The Hall–Kier alpha value is -1.44. The quantitative estimate of drug-likeness (QED) is 0.703. The number of carboxylic acids is 1. The minimum atomic E-state index is -3.91. The molecular weight excluding hydrogens is 270 g/mol. The van der Waals surface area contributed by atoms with E-state index in [9.17, 15) is 13.2 Å². The van der Waals surface area contributed by atoms with Crippen LogP contribution in [0, 0.1) is 13.8 Å². The molecule has 0 amide bonds. The summed E-state index contributed by atoms with van der Waals surface area (Å²) in [5.74, 6) is -1.32. The summed E-state index contributed by atoms with van der Waals surface area (Å²) in [5, 5.41) is 17.6. The standard InChI is InChI=1S/C12H17NO5S/c1-8-5-9(2)7-10(6-8)19(17,18)13-11(3-4-14)12(15)16/h5-7,11,13-14H,3-4H2,1-2H3,(H,15,16)/t11-/m0/s1. The minimum absolute atomic E-state index is 0.0224. The summed E-state index contributed by atoms with van der Waals surface area (Å²) in [4.78, 5) is 10.9. The van der Waals surface area contributed by atoms with Crippen molar-refractivity contribution in [3.8, 4) is 0 Å². The Kier molecular flexibility index (Phi) is 5.04. The molecule has 0 unspecified atom stereocenters. The van der Waals surface area contributed by atoms with Gasteiger partial charge in [0.1, 0.15) is 6.04 Å². The topological polar surface area (TPSA) is 104 Å². The van der Waals surface area contributed by atoms with Crippen LogP contribution in [0.15, 0.2) is 23.1 Å². The van der Waals surface area contributed by atoms with E-state index in [0.717, 1.165) is 11.1 Å². The SMILES string of the molecule is Cc1cc(C)cc(S(=O)(=O)N[C@@H](CCO)C(=O)O)c1. The van der Waals surface area contributed by atoms with Crippen LogP contribution in [0.5, 0.6) is 0 Å². The molecular formula is C12H17NO5S. The molecule has 1 aromatic rings. The molecule has 0 fully saturated rings. The van der Waals surface area contributed by atoms with Gasteiger partial charge in [-0.05, 0) is 43.5 Å². The third kappa shape index (κ3) is 4.30. The highest BCUT2D eigenvalue weighted by Gasteiger charge is 2.25. The van der Waals surface area contributed by atoms with Gasteiger partial charge in [-0.2, -0.15) is 4.72 Å². The number of aliphatic hydroxyl groups is 1. The molecule has 0 radical (unpaired) electrons. The van der Waals surface area contributed by atoms with E-state index in [0.29, 0.717) is 0 Å². The molecule has 1 aromatic carbocycles. The van der Waals surface area contributed by atoms with E-state index in [1.165, 1.54) is 12.1 Å². The first kappa shape index (κ1) is 15.6. The Balaban J connectivity index is 3.06. The first-order chi connectivity index (χ1) is 8.76. The Morgan fingerprint density at radius 1 is 1.26 bits per heavy atom. The highest BCUT2D eigenvalue weighted by molar-refractivity contribution is 7.89. The van der Waals surface area contributed by atoms with E-state index < -0.39 is 28.6 Å². The fourth-order valence-corrected chi connectivity index (χ4v) is 3.12. The molecule has 0 saturated heterocycles. The van der Waals surface area contributed by atoms with Gasteiger partial charge in [0.2, 0.25) is 10.0 Å². The van der Waals surface area contributed by atoms with Crippen LogP contribution in [0.25, 0.3) is 0 Å². The van der Waals surface area contributed by atoms with Crippen LogP contribution in [0.4, 0.5) is 0 Å². The van der Waals surface area contributed by atoms with E-state index in [4.69, 9.17) is 10.2 Å². The fourth-order valence-electron chi connectivity index (χ4n) is 1.71. The maximum Gasteiger partial charge on any atom is 0.321 e. The lowest BCUT2D eigenvalue weighted by Crippen LogP contribution is -2.41. The van der Waals surface area contributed by atoms with Crippen LogP contribution in [-0.2, 0) is 14.8 Å². The molecule has 3 N–H and O–H groups in total. The van der Waals surface area contributed by atoms with Gasteiger partial charge in [-0.15, -0.1) is 0 Å². The molecule has 6 nitrogen and oxygen atoms in total. The van der Waals surface area contributed by atoms with Crippen LogP contribution in [-0.4, -0.2) is 37.2 Å². The third-order valence-corrected chi connectivity index (χ3v) is 3.97. The number of hydrogen-bond donors (Lipinski definition) is 3. The lowest BCUT2D eigenvalue weighted by atomic mass is 10.2. The summed E-state index contributed by atoms with van der Waals surface area (Å²) in [6.07, 6.45) is -0.181. The van der Waals surface area contributed by atoms with Crippen LogP contribution >= 0.6 is 0 Å². The second-order valence-corrected chi connectivity index (χ2v) is 6.06. The number of carbonyl (C=O) groups is 1. The van der Waals surface area contributed by atoms with Crippen molar-refractivity contribution < 1.29 is 23.4 Å². The van der Waals surface area contributed by atoms with Gasteiger partial charge in [-0.3, -0.25) is 4.79 Å². The fraction of sp³-hybridized carbons (Fsp3) is 0.417. The molecule has 0 heterocycles. The maximum atomic E-state index is 12.1. The van der Waals surface area contributed by atoms with Gasteiger partial charge in [0.25, 0.3) is 0 Å². The van der Waals surface area contributed by atoms with Gasteiger partial charge >= 0.3 is 5.97 Å². The van der Waals surface area contributed by atoms with Crippen LogP contribution < -0.4 is 4.72 Å². The smallest absolute Gasteiger partial charge is 0.321 e. The highest BCUT2D eigenvalue weighted by Crippen LogP contribution is 2.15. The zero-order valence-electron chi connectivity index (χ0n) is 10.8. The number of benzene rings is 1. The molecule has 0 bridgehead atoms. The van der Waals surface area contributed by atoms with Gasteiger partial charge in [0.05, 0.1) is 4.90 Å². The van der Waals surface area contributed by atoms with Gasteiger partial charge < -0.3 is 10.2 Å². The van der Waals surface area contributed by atoms with Crippen molar-refractivity contribution in [1.82, 2.24) is 4.72 Å². The van der Waals surface area contributed by atoms with E-state index in [-0.39, 0.29) is 11.3 Å². The number of nitrogens with one attached hydrogen (secondary N) is 1. The molecule has 0 aliphatic carbocycles. The van der Waals surface area contributed by atoms with E-state index in [1.54, 1.807) is 13.8 Å². The van der Waals surface area contributed by atoms with Crippen molar-refractivity contribution >= 4 is 16.0 Å². The molecule has 0 spiro atoms. The summed E-state index contributed by atoms with van der Waals surface area (Å²) in [6, 6.07) is 3.41. The van der Waals surface area contributed by atoms with Gasteiger partial charge in [-0.1, -0.05) is 6.07 Å². The molecule has 106 valence electrons. The third-order valence-electron chi connectivity index (χ3n) is 2.52. The lowest BCUT2D eigenvalue weighted by Gasteiger charge is -2.14. The summed E-state index contributed by atoms with van der Waals surface area (Å²) in [5.41, 5.74) is 1.55. The molecule has 0 aliphatic rings. The number of aliphatic hydroxyl groups excluding tert-OH is 1. The second kappa shape index (κ2) is 6.14. The summed E-state index contributed by atoms with van der Waals surface area (Å²) >= 11 is 0. The average Bonchev–Trinajstić information content (AvgIpc) is 2.26. The Bertz CT molecular complexity index is 547. The number of aliphatic carboxylic acids is 1. The van der Waals surface area contributed by atoms with Crippen LogP contribution in [0.1, 0.15) is 17.5 Å². The minimum Gasteiger partial charge on any atom is -0.480 e. The summed E-state index contributed by atoms with van der Waals surface area (Å²) < 4.78 is 26.2. The highest BCUT2D eigenvalue weighted by atomic mass is 32.2. The monoisotopic (exact) mass is 287 g/mol. The zero-order chi connectivity index (χ0) is 14.6. The normalized spacial score (nSPS) is 13.2. The number of carboxylic acid groups (broad SMARTS) is 1. The largest absolute Gasteiger partial charge is 0.480 e. The molecule has 0 aliphatic heterocycles. The first-order valence-electron chi connectivity index (χ1n) is 5.70. The lowest BCUT2D eigenvalue weighted by molar-refractivity contribution is -0.139. The predicted molar refractivity (Wildman–Crippen MR) is 69.4 cm³/mol. The molecule has 7 heteroatoms. The van der Waals surface area contributed by atoms with Gasteiger partial charge in [-0.25, -0.2) is 8.42 Å². The molecule has 1 atom stereocenters. The van der Waals surface area contributed by atoms with E-state index in [2.05, 4.69) is 4.72 Å².